The molecule has 4 heteroatoms. The number of aromatic nitrogens is 2. The van der Waals surface area contributed by atoms with Gasteiger partial charge in [0.25, 0.3) is 0 Å². The van der Waals surface area contributed by atoms with Crippen LogP contribution in [0.15, 0.2) is 48.7 Å². The summed E-state index contributed by atoms with van der Waals surface area (Å²) in [5, 5.41) is 2.23. The van der Waals surface area contributed by atoms with Gasteiger partial charge in [-0.15, -0.1) is 0 Å². The van der Waals surface area contributed by atoms with Gasteiger partial charge in [0.1, 0.15) is 11.5 Å². The molecular weight excluding hydrogens is 240 g/mol. The summed E-state index contributed by atoms with van der Waals surface area (Å²) in [6, 6.07) is 14.0. The summed E-state index contributed by atoms with van der Waals surface area (Å²) in [4.78, 5) is 18.7. The Morgan fingerprint density at radius 1 is 1.16 bits per heavy atom. The number of hydrogen-bond acceptors (Lipinski definition) is 3. The van der Waals surface area contributed by atoms with Crippen LogP contribution in [-0.2, 0) is 4.74 Å². The molecule has 0 saturated carbocycles. The first-order valence-corrected chi connectivity index (χ1v) is 5.91. The molecular formula is C15H12N2O2. The maximum absolute atomic E-state index is 11.4. The van der Waals surface area contributed by atoms with Gasteiger partial charge in [-0.3, -0.25) is 0 Å². The van der Waals surface area contributed by atoms with Crippen LogP contribution in [0, 0.1) is 0 Å². The average Bonchev–Trinajstić information content (AvgIpc) is 2.95. The maximum atomic E-state index is 11.4. The molecule has 19 heavy (non-hydrogen) atoms. The van der Waals surface area contributed by atoms with Gasteiger partial charge in [-0.05, 0) is 10.8 Å². The Kier molecular flexibility index (Phi) is 2.76. The van der Waals surface area contributed by atoms with Crippen molar-refractivity contribution in [3.05, 3.63) is 54.4 Å². The highest BCUT2D eigenvalue weighted by molar-refractivity contribution is 5.96. The molecule has 0 radical (unpaired) electrons. The Morgan fingerprint density at radius 2 is 1.95 bits per heavy atom. The van der Waals surface area contributed by atoms with E-state index < -0.39 is 5.97 Å². The molecule has 3 aromatic rings. The molecule has 1 aromatic heterocycles. The lowest BCUT2D eigenvalue weighted by Gasteiger charge is -2.03. The number of aromatic amines is 1. The van der Waals surface area contributed by atoms with Gasteiger partial charge < -0.3 is 9.72 Å². The standard InChI is InChI=1S/C15H12N2O2/c1-19-15(18)13-9-16-14(17-13)12-8-4-6-10-5-2-3-7-11(10)12/h2-9H,1H3,(H,16,17). The number of benzene rings is 2. The first-order chi connectivity index (χ1) is 9.29. The Labute approximate surface area is 110 Å². The van der Waals surface area contributed by atoms with Gasteiger partial charge in [0.2, 0.25) is 0 Å². The summed E-state index contributed by atoms with van der Waals surface area (Å²) < 4.78 is 4.66. The number of ether oxygens (including phenoxy) is 1. The van der Waals surface area contributed by atoms with Crippen molar-refractivity contribution < 1.29 is 9.53 Å². The van der Waals surface area contributed by atoms with Crippen LogP contribution in [-0.4, -0.2) is 23.0 Å². The molecule has 0 saturated heterocycles. The lowest BCUT2D eigenvalue weighted by Crippen LogP contribution is -2.00. The van der Waals surface area contributed by atoms with Crippen LogP contribution in [0.2, 0.25) is 0 Å². The molecule has 0 aliphatic carbocycles. The smallest absolute Gasteiger partial charge is 0.356 e. The topological polar surface area (TPSA) is 55.0 Å². The Morgan fingerprint density at radius 3 is 2.79 bits per heavy atom. The van der Waals surface area contributed by atoms with Crippen molar-refractivity contribution in [1.29, 1.82) is 0 Å². The van der Waals surface area contributed by atoms with E-state index in [9.17, 15) is 4.79 Å². The fraction of sp³-hybridized carbons (Fsp3) is 0.0667. The third-order valence-electron chi connectivity index (χ3n) is 3.03. The van der Waals surface area contributed by atoms with Gasteiger partial charge in [0.05, 0.1) is 13.3 Å². The predicted molar refractivity (Wildman–Crippen MR) is 72.9 cm³/mol. The molecule has 0 amide bonds. The number of H-pyrrole nitrogens is 1. The molecule has 0 bridgehead atoms. The highest BCUT2D eigenvalue weighted by atomic mass is 16.5. The number of methoxy groups -OCH3 is 1. The third kappa shape index (κ3) is 1.97. The summed E-state index contributed by atoms with van der Waals surface area (Å²) in [6.07, 6.45) is 1.49. The van der Waals surface area contributed by atoms with Crippen molar-refractivity contribution in [1.82, 2.24) is 9.97 Å². The van der Waals surface area contributed by atoms with Gasteiger partial charge in [0.15, 0.2) is 0 Å². The number of carbonyl (C=O) groups is 1. The largest absolute Gasteiger partial charge is 0.464 e. The van der Waals surface area contributed by atoms with E-state index >= 15 is 0 Å². The first kappa shape index (κ1) is 11.5. The fourth-order valence-electron chi connectivity index (χ4n) is 2.10. The second kappa shape index (κ2) is 4.57. The number of nitrogens with zero attached hydrogens (tertiary/aromatic N) is 1. The van der Waals surface area contributed by atoms with Gasteiger partial charge >= 0.3 is 5.97 Å². The minimum Gasteiger partial charge on any atom is -0.464 e. The molecule has 0 aliphatic rings. The van der Waals surface area contributed by atoms with E-state index in [1.807, 2.05) is 42.5 Å². The van der Waals surface area contributed by atoms with E-state index in [-0.39, 0.29) is 0 Å². The third-order valence-corrected chi connectivity index (χ3v) is 3.03. The molecule has 3 rings (SSSR count). The van der Waals surface area contributed by atoms with Crippen LogP contribution in [0.25, 0.3) is 22.2 Å². The molecule has 94 valence electrons. The van der Waals surface area contributed by atoms with Crippen molar-refractivity contribution in [2.75, 3.05) is 7.11 Å². The van der Waals surface area contributed by atoms with E-state index in [1.54, 1.807) is 0 Å². The molecule has 0 fully saturated rings. The van der Waals surface area contributed by atoms with E-state index in [0.29, 0.717) is 11.5 Å². The summed E-state index contributed by atoms with van der Waals surface area (Å²) in [5.41, 5.74) is 1.32. The number of imidazole rings is 1. The normalized spacial score (nSPS) is 10.6. The van der Waals surface area contributed by atoms with Crippen LogP contribution >= 0.6 is 0 Å². The summed E-state index contributed by atoms with van der Waals surface area (Å²) in [6.45, 7) is 0. The van der Waals surface area contributed by atoms with Crippen LogP contribution in [0.5, 0.6) is 0 Å². The van der Waals surface area contributed by atoms with Gasteiger partial charge in [0, 0.05) is 5.56 Å². The molecule has 1 N–H and O–H groups in total. The molecule has 4 nitrogen and oxygen atoms in total. The van der Waals surface area contributed by atoms with Crippen LogP contribution < -0.4 is 0 Å². The number of fused-ring (bicyclic) bond motifs is 1. The Hall–Kier alpha value is -2.62. The molecule has 1 heterocycles. The number of nitrogens with one attached hydrogen (secondary N) is 1. The van der Waals surface area contributed by atoms with Crippen molar-refractivity contribution in [2.24, 2.45) is 0 Å². The van der Waals surface area contributed by atoms with Crippen molar-refractivity contribution in [3.8, 4) is 11.4 Å². The van der Waals surface area contributed by atoms with Crippen LogP contribution in [0.4, 0.5) is 0 Å². The molecule has 0 atom stereocenters. The second-order valence-corrected chi connectivity index (χ2v) is 4.16. The number of esters is 1. The molecule has 2 aromatic carbocycles. The fourth-order valence-corrected chi connectivity index (χ4v) is 2.10. The van der Waals surface area contributed by atoms with Gasteiger partial charge in [-0.1, -0.05) is 42.5 Å². The van der Waals surface area contributed by atoms with E-state index in [4.69, 9.17) is 0 Å². The highest BCUT2D eigenvalue weighted by Crippen LogP contribution is 2.26. The monoisotopic (exact) mass is 252 g/mol. The maximum Gasteiger partial charge on any atom is 0.356 e. The number of rotatable bonds is 2. The van der Waals surface area contributed by atoms with Crippen molar-refractivity contribution in [3.63, 3.8) is 0 Å². The summed E-state index contributed by atoms with van der Waals surface area (Å²) in [5.74, 6) is 0.246. The zero-order chi connectivity index (χ0) is 13.2. The highest BCUT2D eigenvalue weighted by Gasteiger charge is 2.12. The number of carbonyl (C=O) groups excluding carboxylic acids is 1. The molecule has 0 aliphatic heterocycles. The second-order valence-electron chi connectivity index (χ2n) is 4.16. The lowest BCUT2D eigenvalue weighted by molar-refractivity contribution is 0.0595. The molecule has 0 unspecified atom stereocenters. The quantitative estimate of drug-likeness (QED) is 0.713. The summed E-state index contributed by atoms with van der Waals surface area (Å²) >= 11 is 0. The predicted octanol–water partition coefficient (Wildman–Crippen LogP) is 3.02. The zero-order valence-corrected chi connectivity index (χ0v) is 10.4. The van der Waals surface area contributed by atoms with E-state index in [2.05, 4.69) is 14.7 Å². The average molecular weight is 252 g/mol. The SMILES string of the molecule is COC(=O)c1cnc(-c2cccc3ccccc23)[nH]1. The van der Waals surface area contributed by atoms with E-state index in [0.717, 1.165) is 16.3 Å². The van der Waals surface area contributed by atoms with E-state index in [1.165, 1.54) is 13.3 Å². The van der Waals surface area contributed by atoms with Gasteiger partial charge in [-0.25, -0.2) is 9.78 Å². The van der Waals surface area contributed by atoms with Crippen LogP contribution in [0.3, 0.4) is 0 Å². The van der Waals surface area contributed by atoms with Crippen molar-refractivity contribution in [2.45, 2.75) is 0 Å². The first-order valence-electron chi connectivity index (χ1n) is 5.91. The summed E-state index contributed by atoms with van der Waals surface area (Å²) in [7, 11) is 1.35. The molecule has 0 spiro atoms. The minimum absolute atomic E-state index is 0.352. The van der Waals surface area contributed by atoms with Gasteiger partial charge in [-0.2, -0.15) is 0 Å². The lowest BCUT2D eigenvalue weighted by atomic mass is 10.0. The minimum atomic E-state index is -0.418. The number of hydrogen-bond donors (Lipinski definition) is 1. The zero-order valence-electron chi connectivity index (χ0n) is 10.4. The Balaban J connectivity index is 2.14. The van der Waals surface area contributed by atoms with Crippen molar-refractivity contribution >= 4 is 16.7 Å². The Bertz CT molecular complexity index is 741. The van der Waals surface area contributed by atoms with Crippen LogP contribution in [0.1, 0.15) is 10.5 Å².